The summed E-state index contributed by atoms with van der Waals surface area (Å²) in [5.74, 6) is -0.316. The molecular formula is C18H15Cl2N3O5S2. The molecule has 0 atom stereocenters. The first-order valence-corrected chi connectivity index (χ1v) is 12.3. The number of hydrogen-bond acceptors (Lipinski definition) is 7. The first-order chi connectivity index (χ1) is 14.0. The molecule has 0 saturated carbocycles. The normalized spacial score (nSPS) is 11.8. The molecule has 0 fully saturated rings. The lowest BCUT2D eigenvalue weighted by atomic mass is 10.3. The minimum absolute atomic E-state index is 0.0485. The molecule has 12 heteroatoms. The number of pyridine rings is 1. The topological polar surface area (TPSA) is 128 Å². The molecule has 0 unspecified atom stereocenters. The number of halogens is 2. The summed E-state index contributed by atoms with van der Waals surface area (Å²) in [6.07, 6.45) is 3.73. The van der Waals surface area contributed by atoms with Gasteiger partial charge in [0.1, 0.15) is 15.5 Å². The Labute approximate surface area is 183 Å². The van der Waals surface area contributed by atoms with E-state index < -0.39 is 25.5 Å². The van der Waals surface area contributed by atoms with Gasteiger partial charge in [0.05, 0.1) is 22.6 Å². The van der Waals surface area contributed by atoms with Gasteiger partial charge in [-0.3, -0.25) is 9.71 Å². The number of sulfonamides is 1. The van der Waals surface area contributed by atoms with Crippen LogP contribution in [-0.4, -0.2) is 28.1 Å². The van der Waals surface area contributed by atoms with E-state index in [1.54, 1.807) is 6.07 Å². The molecule has 0 aliphatic carbocycles. The number of hydrogen-bond donors (Lipinski definition) is 2. The highest BCUT2D eigenvalue weighted by molar-refractivity contribution is 7.93. The van der Waals surface area contributed by atoms with Crippen LogP contribution in [0, 0.1) is 0 Å². The largest absolute Gasteiger partial charge is 0.452 e. The maximum atomic E-state index is 12.8. The van der Waals surface area contributed by atoms with E-state index in [1.165, 1.54) is 36.7 Å². The number of nitrogen functional groups attached to an aromatic ring is 1. The summed E-state index contributed by atoms with van der Waals surface area (Å²) in [5.41, 5.74) is 5.85. The summed E-state index contributed by atoms with van der Waals surface area (Å²) in [4.78, 5) is 3.16. The summed E-state index contributed by atoms with van der Waals surface area (Å²) in [5, 5.41) is 0.420. The zero-order valence-corrected chi connectivity index (χ0v) is 18.5. The molecule has 8 nitrogen and oxygen atoms in total. The van der Waals surface area contributed by atoms with Crippen LogP contribution >= 0.6 is 23.2 Å². The summed E-state index contributed by atoms with van der Waals surface area (Å²) in [6.45, 7) is 0. The molecule has 1 aromatic heterocycles. The molecule has 0 radical (unpaired) electrons. The third-order valence-electron chi connectivity index (χ3n) is 3.83. The molecule has 3 rings (SSSR count). The van der Waals surface area contributed by atoms with Crippen LogP contribution in [0.1, 0.15) is 0 Å². The number of ether oxygens (including phenoxy) is 1. The van der Waals surface area contributed by atoms with Crippen LogP contribution in [-0.2, 0) is 19.9 Å². The monoisotopic (exact) mass is 487 g/mol. The van der Waals surface area contributed by atoms with E-state index in [4.69, 9.17) is 33.7 Å². The van der Waals surface area contributed by atoms with Gasteiger partial charge in [-0.1, -0.05) is 23.2 Å². The smallest absolute Gasteiger partial charge is 0.264 e. The Kier molecular flexibility index (Phi) is 6.14. The maximum absolute atomic E-state index is 12.8. The van der Waals surface area contributed by atoms with Gasteiger partial charge in [-0.15, -0.1) is 0 Å². The van der Waals surface area contributed by atoms with Crippen molar-refractivity contribution < 1.29 is 21.6 Å². The number of nitrogens with two attached hydrogens (primary N) is 1. The van der Waals surface area contributed by atoms with E-state index >= 15 is 0 Å². The van der Waals surface area contributed by atoms with Gasteiger partial charge in [0.15, 0.2) is 15.6 Å². The van der Waals surface area contributed by atoms with E-state index in [0.29, 0.717) is 5.02 Å². The summed E-state index contributed by atoms with van der Waals surface area (Å²) >= 11 is 12.0. The van der Waals surface area contributed by atoms with E-state index in [1.807, 2.05) is 0 Å². The summed E-state index contributed by atoms with van der Waals surface area (Å²) < 4.78 is 58.1. The van der Waals surface area contributed by atoms with Crippen molar-refractivity contribution in [2.24, 2.45) is 0 Å². The average Bonchev–Trinajstić information content (AvgIpc) is 2.64. The fourth-order valence-corrected chi connectivity index (χ4v) is 4.92. The zero-order chi connectivity index (χ0) is 22.1. The molecule has 2 aromatic carbocycles. The zero-order valence-electron chi connectivity index (χ0n) is 15.3. The quantitative estimate of drug-likeness (QED) is 0.503. The van der Waals surface area contributed by atoms with E-state index in [9.17, 15) is 16.8 Å². The molecule has 0 saturated heterocycles. The number of rotatable bonds is 6. The lowest BCUT2D eigenvalue weighted by Gasteiger charge is -2.17. The van der Waals surface area contributed by atoms with Crippen LogP contribution in [0.3, 0.4) is 0 Å². The van der Waals surface area contributed by atoms with Crippen LogP contribution in [0.15, 0.2) is 64.6 Å². The van der Waals surface area contributed by atoms with E-state index in [0.717, 1.165) is 18.4 Å². The third kappa shape index (κ3) is 4.78. The van der Waals surface area contributed by atoms with Crippen molar-refractivity contribution in [3.8, 4) is 11.5 Å². The van der Waals surface area contributed by atoms with Gasteiger partial charge in [0.25, 0.3) is 10.0 Å². The second-order valence-electron chi connectivity index (χ2n) is 6.10. The van der Waals surface area contributed by atoms with Gasteiger partial charge in [0.2, 0.25) is 0 Å². The predicted molar refractivity (Wildman–Crippen MR) is 116 cm³/mol. The second kappa shape index (κ2) is 8.31. The van der Waals surface area contributed by atoms with Crippen molar-refractivity contribution in [3.05, 3.63) is 64.9 Å². The molecule has 30 heavy (non-hydrogen) atoms. The van der Waals surface area contributed by atoms with Crippen molar-refractivity contribution in [2.45, 2.75) is 9.79 Å². The van der Waals surface area contributed by atoms with Crippen LogP contribution in [0.25, 0.3) is 0 Å². The van der Waals surface area contributed by atoms with Crippen LogP contribution in [0.5, 0.6) is 11.5 Å². The summed E-state index contributed by atoms with van der Waals surface area (Å²) in [6, 6.07) is 9.50. The molecule has 0 bridgehead atoms. The number of aromatic nitrogens is 1. The van der Waals surface area contributed by atoms with E-state index in [2.05, 4.69) is 9.71 Å². The number of nitrogens with zero attached hydrogens (tertiary/aromatic N) is 1. The fraction of sp³-hybridized carbons (Fsp3) is 0.0556. The lowest BCUT2D eigenvalue weighted by Crippen LogP contribution is -2.16. The number of anilines is 2. The Balaban J connectivity index is 2.14. The SMILES string of the molecule is CS(=O)(=O)c1ccc(S(=O)(=O)Nc2cccnc2)c(N)c1Oc1ccc(Cl)cc1Cl. The molecule has 0 amide bonds. The van der Waals surface area contributed by atoms with Crippen molar-refractivity contribution in [1.29, 1.82) is 0 Å². The Morgan fingerprint density at radius 1 is 1.03 bits per heavy atom. The predicted octanol–water partition coefficient (Wildman–Crippen LogP) is 3.97. The van der Waals surface area contributed by atoms with E-state index in [-0.39, 0.29) is 32.0 Å². The third-order valence-corrected chi connectivity index (χ3v) is 6.92. The standard InChI is InChI=1S/C18H15Cl2N3O5S2/c1-29(24,25)16-7-6-15(30(26,27)23-12-3-2-8-22-10-12)17(21)18(16)28-14-5-4-11(19)9-13(14)20/h2-10,23H,21H2,1H3. The van der Waals surface area contributed by atoms with Gasteiger partial charge in [-0.2, -0.15) is 0 Å². The average molecular weight is 488 g/mol. The van der Waals surface area contributed by atoms with Crippen LogP contribution < -0.4 is 15.2 Å². The van der Waals surface area contributed by atoms with Gasteiger partial charge in [-0.25, -0.2) is 16.8 Å². The van der Waals surface area contributed by atoms with Crippen molar-refractivity contribution in [3.63, 3.8) is 0 Å². The van der Waals surface area contributed by atoms with Crippen molar-refractivity contribution in [1.82, 2.24) is 4.98 Å². The highest BCUT2D eigenvalue weighted by Crippen LogP contribution is 2.41. The fourth-order valence-electron chi connectivity index (χ4n) is 2.49. The Morgan fingerprint density at radius 3 is 2.33 bits per heavy atom. The molecule has 0 aliphatic rings. The minimum Gasteiger partial charge on any atom is -0.452 e. The first kappa shape index (κ1) is 22.2. The molecular weight excluding hydrogens is 473 g/mol. The lowest BCUT2D eigenvalue weighted by molar-refractivity contribution is 0.469. The van der Waals surface area contributed by atoms with Gasteiger partial charge < -0.3 is 10.5 Å². The molecule has 0 aliphatic heterocycles. The number of sulfone groups is 1. The minimum atomic E-state index is -4.18. The Morgan fingerprint density at radius 2 is 1.73 bits per heavy atom. The Bertz CT molecular complexity index is 1320. The number of benzene rings is 2. The molecule has 3 aromatic rings. The van der Waals surface area contributed by atoms with Gasteiger partial charge in [-0.05, 0) is 42.5 Å². The highest BCUT2D eigenvalue weighted by Gasteiger charge is 2.27. The van der Waals surface area contributed by atoms with Crippen molar-refractivity contribution >= 4 is 54.4 Å². The molecule has 1 heterocycles. The Hall–Kier alpha value is -2.53. The van der Waals surface area contributed by atoms with Crippen molar-refractivity contribution in [2.75, 3.05) is 16.7 Å². The summed E-state index contributed by atoms with van der Waals surface area (Å²) in [7, 11) is -8.00. The second-order valence-corrected chi connectivity index (χ2v) is 10.6. The highest BCUT2D eigenvalue weighted by atomic mass is 35.5. The molecule has 0 spiro atoms. The van der Waals surface area contributed by atoms with Gasteiger partial charge in [0, 0.05) is 17.5 Å². The maximum Gasteiger partial charge on any atom is 0.264 e. The first-order valence-electron chi connectivity index (χ1n) is 8.17. The van der Waals surface area contributed by atoms with Gasteiger partial charge >= 0.3 is 0 Å². The number of nitrogens with one attached hydrogen (secondary N) is 1. The van der Waals surface area contributed by atoms with Crippen LogP contribution in [0.2, 0.25) is 10.0 Å². The molecule has 3 N–H and O–H groups in total. The van der Waals surface area contributed by atoms with Crippen LogP contribution in [0.4, 0.5) is 11.4 Å². The molecule has 158 valence electrons.